The number of benzene rings is 1. The van der Waals surface area contributed by atoms with E-state index in [0.717, 1.165) is 24.2 Å². The van der Waals surface area contributed by atoms with Crippen LogP contribution in [0.1, 0.15) is 17.8 Å². The number of aryl methyl sites for hydroxylation is 2. The Kier molecular flexibility index (Phi) is 4.59. The molecule has 120 valence electrons. The van der Waals surface area contributed by atoms with Gasteiger partial charge in [-0.2, -0.15) is 0 Å². The van der Waals surface area contributed by atoms with Crippen molar-refractivity contribution < 1.29 is 4.74 Å². The molecule has 0 aliphatic rings. The van der Waals surface area contributed by atoms with Gasteiger partial charge in [-0.15, -0.1) is 10.2 Å². The minimum atomic E-state index is 0.508. The van der Waals surface area contributed by atoms with Gasteiger partial charge in [0.2, 0.25) is 0 Å². The van der Waals surface area contributed by atoms with Gasteiger partial charge in [0.05, 0.1) is 17.3 Å². The van der Waals surface area contributed by atoms with Crippen LogP contribution in [0.4, 0.5) is 5.69 Å². The molecule has 0 saturated carbocycles. The van der Waals surface area contributed by atoms with E-state index in [1.165, 1.54) is 0 Å². The molecule has 0 atom stereocenters. The van der Waals surface area contributed by atoms with Crippen LogP contribution < -0.4 is 10.5 Å². The molecular formula is C16H16Cl2N4O. The number of nitrogens with zero attached hydrogens (tertiary/aromatic N) is 3. The summed E-state index contributed by atoms with van der Waals surface area (Å²) in [5, 5.41) is 9.43. The van der Waals surface area contributed by atoms with Gasteiger partial charge in [0.15, 0.2) is 5.65 Å². The van der Waals surface area contributed by atoms with Crippen molar-refractivity contribution in [3.63, 3.8) is 0 Å². The topological polar surface area (TPSA) is 65.4 Å². The van der Waals surface area contributed by atoms with E-state index in [1.807, 2.05) is 23.6 Å². The van der Waals surface area contributed by atoms with Crippen LogP contribution in [-0.4, -0.2) is 21.2 Å². The molecule has 23 heavy (non-hydrogen) atoms. The predicted molar refractivity (Wildman–Crippen MR) is 92.4 cm³/mol. The molecule has 7 heteroatoms. The predicted octanol–water partition coefficient (Wildman–Crippen LogP) is 3.94. The normalized spacial score (nSPS) is 11.1. The number of ether oxygens (including phenoxy) is 1. The van der Waals surface area contributed by atoms with E-state index >= 15 is 0 Å². The molecule has 2 aromatic heterocycles. The molecular weight excluding hydrogens is 335 g/mol. The summed E-state index contributed by atoms with van der Waals surface area (Å²) < 4.78 is 7.61. The number of rotatable bonds is 5. The van der Waals surface area contributed by atoms with Gasteiger partial charge in [0.1, 0.15) is 11.6 Å². The number of halogens is 2. The molecule has 0 amide bonds. The third kappa shape index (κ3) is 3.51. The maximum atomic E-state index is 6.07. The van der Waals surface area contributed by atoms with Crippen molar-refractivity contribution >= 4 is 34.5 Å². The smallest absolute Gasteiger partial charge is 0.184 e. The van der Waals surface area contributed by atoms with Gasteiger partial charge in [-0.3, -0.25) is 4.40 Å². The number of anilines is 1. The molecule has 0 saturated heterocycles. The van der Waals surface area contributed by atoms with E-state index in [2.05, 4.69) is 10.2 Å². The summed E-state index contributed by atoms with van der Waals surface area (Å²) in [6, 6.07) is 7.07. The summed E-state index contributed by atoms with van der Waals surface area (Å²) >= 11 is 11.9. The largest absolute Gasteiger partial charge is 0.492 e. The van der Waals surface area contributed by atoms with E-state index < -0.39 is 0 Å². The fourth-order valence-corrected chi connectivity index (χ4v) is 2.85. The Morgan fingerprint density at radius 1 is 1.22 bits per heavy atom. The lowest BCUT2D eigenvalue weighted by Gasteiger charge is -2.08. The van der Waals surface area contributed by atoms with Gasteiger partial charge in [0, 0.05) is 17.6 Å². The average Bonchev–Trinajstić information content (AvgIpc) is 2.89. The van der Waals surface area contributed by atoms with Gasteiger partial charge in [-0.05, 0) is 43.2 Å². The molecule has 0 fully saturated rings. The molecule has 1 aromatic carbocycles. The lowest BCUT2D eigenvalue weighted by atomic mass is 10.2. The van der Waals surface area contributed by atoms with Crippen molar-refractivity contribution in [3.05, 3.63) is 51.9 Å². The number of aromatic nitrogens is 3. The first-order valence-corrected chi connectivity index (χ1v) is 7.98. The monoisotopic (exact) mass is 350 g/mol. The van der Waals surface area contributed by atoms with Gasteiger partial charge in [0.25, 0.3) is 0 Å². The molecule has 3 rings (SSSR count). The van der Waals surface area contributed by atoms with Crippen LogP contribution in [0.25, 0.3) is 5.65 Å². The first-order chi connectivity index (χ1) is 11.0. The summed E-state index contributed by atoms with van der Waals surface area (Å²) in [6.45, 7) is 2.52. The summed E-state index contributed by atoms with van der Waals surface area (Å²) in [7, 11) is 0. The number of pyridine rings is 1. The van der Waals surface area contributed by atoms with Crippen LogP contribution >= 0.6 is 23.2 Å². The maximum absolute atomic E-state index is 6.07. The van der Waals surface area contributed by atoms with Crippen LogP contribution in [-0.2, 0) is 6.42 Å². The van der Waals surface area contributed by atoms with Crippen LogP contribution in [0, 0.1) is 6.92 Å². The standard InChI is InChI=1S/C16H16Cl2N4O/c1-10-7-13(19)16-21-20-15(22(16)9-10)3-2-6-23-14-5-4-11(17)8-12(14)18/h4-5,7-9H,2-3,6,19H2,1H3. The molecule has 2 N–H and O–H groups in total. The zero-order valence-electron chi connectivity index (χ0n) is 12.6. The quantitative estimate of drug-likeness (QED) is 0.707. The second-order valence-corrected chi connectivity index (χ2v) is 6.15. The maximum Gasteiger partial charge on any atom is 0.184 e. The van der Waals surface area contributed by atoms with Crippen molar-refractivity contribution in [2.45, 2.75) is 19.8 Å². The highest BCUT2D eigenvalue weighted by Crippen LogP contribution is 2.27. The Morgan fingerprint density at radius 2 is 2.04 bits per heavy atom. The second-order valence-electron chi connectivity index (χ2n) is 5.31. The molecule has 0 aliphatic carbocycles. The number of hydrogen-bond donors (Lipinski definition) is 1. The summed E-state index contributed by atoms with van der Waals surface area (Å²) in [6.07, 6.45) is 3.50. The fourth-order valence-electron chi connectivity index (χ4n) is 2.38. The van der Waals surface area contributed by atoms with E-state index in [4.69, 9.17) is 33.7 Å². The molecule has 0 bridgehead atoms. The summed E-state index contributed by atoms with van der Waals surface area (Å²) in [5.41, 5.74) is 8.35. The lowest BCUT2D eigenvalue weighted by Crippen LogP contribution is -2.03. The fraction of sp³-hybridized carbons (Fsp3) is 0.250. The van der Waals surface area contributed by atoms with Gasteiger partial charge in [-0.1, -0.05) is 23.2 Å². The first kappa shape index (κ1) is 15.9. The first-order valence-electron chi connectivity index (χ1n) is 7.22. The van der Waals surface area contributed by atoms with Crippen molar-refractivity contribution in [2.24, 2.45) is 0 Å². The lowest BCUT2D eigenvalue weighted by molar-refractivity contribution is 0.310. The minimum absolute atomic E-state index is 0.508. The highest BCUT2D eigenvalue weighted by Gasteiger charge is 2.09. The Bertz CT molecular complexity index is 847. The summed E-state index contributed by atoms with van der Waals surface area (Å²) in [5.74, 6) is 1.49. The zero-order valence-corrected chi connectivity index (χ0v) is 14.1. The van der Waals surface area contributed by atoms with E-state index in [9.17, 15) is 0 Å². The average molecular weight is 351 g/mol. The molecule has 0 spiro atoms. The number of fused-ring (bicyclic) bond motifs is 1. The number of nitrogens with two attached hydrogens (primary N) is 1. The highest BCUT2D eigenvalue weighted by molar-refractivity contribution is 6.35. The molecule has 0 radical (unpaired) electrons. The molecule has 3 aromatic rings. The Hall–Kier alpha value is -1.98. The van der Waals surface area contributed by atoms with Crippen molar-refractivity contribution in [2.75, 3.05) is 12.3 Å². The third-order valence-electron chi connectivity index (χ3n) is 3.44. The van der Waals surface area contributed by atoms with Gasteiger partial charge in [-0.25, -0.2) is 0 Å². The molecule has 0 unspecified atom stereocenters. The summed E-state index contributed by atoms with van der Waals surface area (Å²) in [4.78, 5) is 0. The van der Waals surface area contributed by atoms with Crippen molar-refractivity contribution in [3.8, 4) is 5.75 Å². The molecule has 2 heterocycles. The molecule has 5 nitrogen and oxygen atoms in total. The van der Waals surface area contributed by atoms with Crippen LogP contribution in [0.15, 0.2) is 30.5 Å². The minimum Gasteiger partial charge on any atom is -0.492 e. The van der Waals surface area contributed by atoms with Crippen molar-refractivity contribution in [1.29, 1.82) is 0 Å². The SMILES string of the molecule is Cc1cc(N)c2nnc(CCCOc3ccc(Cl)cc3Cl)n2c1. The van der Waals surface area contributed by atoms with Gasteiger partial charge < -0.3 is 10.5 Å². The zero-order chi connectivity index (χ0) is 16.4. The Labute approximate surface area is 144 Å². The van der Waals surface area contributed by atoms with Crippen molar-refractivity contribution in [1.82, 2.24) is 14.6 Å². The Balaban J connectivity index is 1.63. The van der Waals surface area contributed by atoms with E-state index in [1.54, 1.807) is 18.2 Å². The van der Waals surface area contributed by atoms with E-state index in [-0.39, 0.29) is 0 Å². The number of nitrogen functional groups attached to an aromatic ring is 1. The highest BCUT2D eigenvalue weighted by atomic mass is 35.5. The van der Waals surface area contributed by atoms with Crippen LogP contribution in [0.5, 0.6) is 5.75 Å². The second kappa shape index (κ2) is 6.64. The van der Waals surface area contributed by atoms with E-state index in [0.29, 0.717) is 33.7 Å². The Morgan fingerprint density at radius 3 is 2.83 bits per heavy atom. The van der Waals surface area contributed by atoms with Gasteiger partial charge >= 0.3 is 0 Å². The van der Waals surface area contributed by atoms with Crippen LogP contribution in [0.2, 0.25) is 10.0 Å². The molecule has 0 aliphatic heterocycles. The third-order valence-corrected chi connectivity index (χ3v) is 3.97. The number of hydrogen-bond acceptors (Lipinski definition) is 4. The van der Waals surface area contributed by atoms with Crippen LogP contribution in [0.3, 0.4) is 0 Å².